The van der Waals surface area contributed by atoms with Crippen molar-refractivity contribution in [3.63, 3.8) is 0 Å². The number of phenols is 1. The molecule has 0 saturated carbocycles. The van der Waals surface area contributed by atoms with Gasteiger partial charge in [-0.1, -0.05) is 0 Å². The first-order valence-corrected chi connectivity index (χ1v) is 9.33. The average molecular weight is 374 g/mol. The lowest BCUT2D eigenvalue weighted by Crippen LogP contribution is -2.87. The van der Waals surface area contributed by atoms with Gasteiger partial charge in [-0.25, -0.2) is 0 Å². The van der Waals surface area contributed by atoms with E-state index in [0.717, 1.165) is 30.0 Å². The standard InChI is InChI=1S/C21H27NO5/c1-5-26-16-9-13-7-8-22-20(15(13)12-17(16)27-6-2)14-10-18(24-3)21(23)19(11-14)25-4/h9-12,20,22-23H,5-8H2,1-4H3/p+1/t20-/m0/s1. The number of methoxy groups -OCH3 is 2. The van der Waals surface area contributed by atoms with Crippen LogP contribution in [0, 0.1) is 0 Å². The molecule has 1 atom stereocenters. The highest BCUT2D eigenvalue weighted by molar-refractivity contribution is 5.56. The summed E-state index contributed by atoms with van der Waals surface area (Å²) in [5.41, 5.74) is 3.44. The van der Waals surface area contributed by atoms with Crippen LogP contribution in [0.5, 0.6) is 28.7 Å². The first-order chi connectivity index (χ1) is 13.1. The van der Waals surface area contributed by atoms with Gasteiger partial charge in [0.05, 0.1) is 34.0 Å². The Morgan fingerprint density at radius 3 is 2.07 bits per heavy atom. The van der Waals surface area contributed by atoms with Gasteiger partial charge in [-0.15, -0.1) is 0 Å². The average Bonchev–Trinajstić information content (AvgIpc) is 2.68. The van der Waals surface area contributed by atoms with Crippen LogP contribution in [0.1, 0.15) is 36.6 Å². The molecule has 2 aromatic rings. The molecule has 6 heteroatoms. The van der Waals surface area contributed by atoms with Gasteiger partial charge in [0.15, 0.2) is 23.0 Å². The Morgan fingerprint density at radius 2 is 1.52 bits per heavy atom. The molecule has 0 aliphatic carbocycles. The molecule has 0 unspecified atom stereocenters. The van der Waals surface area contributed by atoms with E-state index in [1.807, 2.05) is 26.0 Å². The fourth-order valence-electron chi connectivity index (χ4n) is 3.60. The van der Waals surface area contributed by atoms with Crippen molar-refractivity contribution < 1.29 is 29.4 Å². The first kappa shape index (κ1) is 19.2. The van der Waals surface area contributed by atoms with Crippen LogP contribution in [-0.4, -0.2) is 39.1 Å². The number of aromatic hydroxyl groups is 1. The van der Waals surface area contributed by atoms with Gasteiger partial charge in [0.25, 0.3) is 0 Å². The molecule has 1 aliphatic rings. The van der Waals surface area contributed by atoms with Gasteiger partial charge in [-0.05, 0) is 43.7 Å². The van der Waals surface area contributed by atoms with E-state index in [9.17, 15) is 5.11 Å². The third kappa shape index (κ3) is 3.76. The van der Waals surface area contributed by atoms with Gasteiger partial charge in [0.2, 0.25) is 5.75 Å². The Hall–Kier alpha value is -2.60. The van der Waals surface area contributed by atoms with E-state index < -0.39 is 0 Å². The third-order valence-electron chi connectivity index (χ3n) is 4.82. The van der Waals surface area contributed by atoms with E-state index in [4.69, 9.17) is 18.9 Å². The minimum absolute atomic E-state index is 0.0153. The number of hydrogen-bond donors (Lipinski definition) is 2. The topological polar surface area (TPSA) is 73.8 Å². The number of fused-ring (bicyclic) bond motifs is 1. The molecule has 0 radical (unpaired) electrons. The number of quaternary nitrogens is 1. The molecule has 0 fully saturated rings. The lowest BCUT2D eigenvalue weighted by atomic mass is 9.89. The van der Waals surface area contributed by atoms with Gasteiger partial charge in [-0.3, -0.25) is 0 Å². The van der Waals surface area contributed by atoms with Crippen molar-refractivity contribution in [2.24, 2.45) is 0 Å². The van der Waals surface area contributed by atoms with E-state index in [1.165, 1.54) is 11.1 Å². The number of ether oxygens (including phenoxy) is 4. The zero-order chi connectivity index (χ0) is 19.4. The van der Waals surface area contributed by atoms with E-state index >= 15 is 0 Å². The van der Waals surface area contributed by atoms with E-state index in [-0.39, 0.29) is 11.8 Å². The summed E-state index contributed by atoms with van der Waals surface area (Å²) in [5.74, 6) is 2.37. The second kappa shape index (κ2) is 8.39. The molecule has 27 heavy (non-hydrogen) atoms. The summed E-state index contributed by atoms with van der Waals surface area (Å²) in [7, 11) is 3.08. The zero-order valence-electron chi connectivity index (χ0n) is 16.4. The maximum Gasteiger partial charge on any atom is 0.200 e. The SMILES string of the molecule is CCOc1cc2c(cc1OCC)[C@H](c1cc(OC)c(O)c(OC)c1)[NH2+]CC2. The van der Waals surface area contributed by atoms with Crippen LogP contribution in [0.3, 0.4) is 0 Å². The fourth-order valence-corrected chi connectivity index (χ4v) is 3.60. The van der Waals surface area contributed by atoms with Crippen LogP contribution < -0.4 is 24.3 Å². The van der Waals surface area contributed by atoms with Crippen molar-refractivity contribution in [2.45, 2.75) is 26.3 Å². The lowest BCUT2D eigenvalue weighted by molar-refractivity contribution is -0.690. The number of nitrogens with two attached hydrogens (primary N) is 1. The van der Waals surface area contributed by atoms with E-state index in [2.05, 4.69) is 17.4 Å². The maximum atomic E-state index is 10.2. The molecular weight excluding hydrogens is 346 g/mol. The number of hydrogen-bond acceptors (Lipinski definition) is 5. The third-order valence-corrected chi connectivity index (χ3v) is 4.82. The lowest BCUT2D eigenvalue weighted by Gasteiger charge is -2.26. The van der Waals surface area contributed by atoms with Gasteiger partial charge in [0.1, 0.15) is 6.04 Å². The summed E-state index contributed by atoms with van der Waals surface area (Å²) in [5, 5.41) is 12.5. The Bertz CT molecular complexity index is 780. The van der Waals surface area contributed by atoms with Gasteiger partial charge >= 0.3 is 0 Å². The minimum atomic E-state index is 0.0153. The highest BCUT2D eigenvalue weighted by atomic mass is 16.5. The molecule has 1 aliphatic heterocycles. The monoisotopic (exact) mass is 374 g/mol. The Kier molecular flexibility index (Phi) is 5.96. The summed E-state index contributed by atoms with van der Waals surface area (Å²) >= 11 is 0. The fraction of sp³-hybridized carbons (Fsp3) is 0.429. The summed E-state index contributed by atoms with van der Waals surface area (Å²) in [6.07, 6.45) is 0.963. The molecule has 0 amide bonds. The highest BCUT2D eigenvalue weighted by Crippen LogP contribution is 2.41. The van der Waals surface area contributed by atoms with Crippen LogP contribution in [-0.2, 0) is 6.42 Å². The largest absolute Gasteiger partial charge is 0.502 e. The van der Waals surface area contributed by atoms with Gasteiger partial charge < -0.3 is 29.4 Å². The normalized spacial score (nSPS) is 15.8. The number of benzene rings is 2. The van der Waals surface area contributed by atoms with Crippen molar-refractivity contribution >= 4 is 0 Å². The molecule has 3 N–H and O–H groups in total. The first-order valence-electron chi connectivity index (χ1n) is 9.33. The molecule has 0 aromatic heterocycles. The van der Waals surface area contributed by atoms with Crippen molar-refractivity contribution in [2.75, 3.05) is 34.0 Å². The quantitative estimate of drug-likeness (QED) is 0.779. The van der Waals surface area contributed by atoms with Crippen LogP contribution in [0.4, 0.5) is 0 Å². The predicted molar refractivity (Wildman–Crippen MR) is 102 cm³/mol. The van der Waals surface area contributed by atoms with Crippen molar-refractivity contribution in [3.05, 3.63) is 41.0 Å². The summed E-state index contributed by atoms with van der Waals surface area (Å²) < 4.78 is 22.3. The number of phenolic OH excluding ortho intramolecular Hbond substituents is 1. The summed E-state index contributed by atoms with van der Waals surface area (Å²) in [4.78, 5) is 0. The van der Waals surface area contributed by atoms with E-state index in [0.29, 0.717) is 24.7 Å². The van der Waals surface area contributed by atoms with Gasteiger partial charge in [0, 0.05) is 17.5 Å². The molecule has 146 valence electrons. The maximum absolute atomic E-state index is 10.2. The molecule has 1 heterocycles. The molecule has 2 aromatic carbocycles. The Labute approximate surface area is 160 Å². The molecule has 0 spiro atoms. The summed E-state index contributed by atoms with van der Waals surface area (Å²) in [6.45, 7) is 6.08. The molecule has 3 rings (SSSR count). The zero-order valence-corrected chi connectivity index (χ0v) is 16.4. The van der Waals surface area contributed by atoms with Crippen molar-refractivity contribution in [3.8, 4) is 28.7 Å². The second-order valence-corrected chi connectivity index (χ2v) is 6.39. The predicted octanol–water partition coefficient (Wildman–Crippen LogP) is 2.42. The Balaban J connectivity index is 2.09. The van der Waals surface area contributed by atoms with Crippen LogP contribution in [0.25, 0.3) is 0 Å². The minimum Gasteiger partial charge on any atom is -0.502 e. The Morgan fingerprint density at radius 1 is 0.926 bits per heavy atom. The second-order valence-electron chi connectivity index (χ2n) is 6.39. The van der Waals surface area contributed by atoms with E-state index in [1.54, 1.807) is 14.2 Å². The van der Waals surface area contributed by atoms with Crippen LogP contribution in [0.15, 0.2) is 24.3 Å². The van der Waals surface area contributed by atoms with Gasteiger partial charge in [-0.2, -0.15) is 0 Å². The highest BCUT2D eigenvalue weighted by Gasteiger charge is 2.29. The van der Waals surface area contributed by atoms with Crippen molar-refractivity contribution in [1.29, 1.82) is 0 Å². The summed E-state index contributed by atoms with van der Waals surface area (Å²) in [6, 6.07) is 7.97. The smallest absolute Gasteiger partial charge is 0.200 e. The van der Waals surface area contributed by atoms with Crippen molar-refractivity contribution in [1.82, 2.24) is 0 Å². The molecule has 0 saturated heterocycles. The molecule has 0 bridgehead atoms. The van der Waals surface area contributed by atoms with Crippen LogP contribution >= 0.6 is 0 Å². The molecule has 6 nitrogen and oxygen atoms in total. The van der Waals surface area contributed by atoms with Crippen LogP contribution in [0.2, 0.25) is 0 Å². The number of rotatable bonds is 7. The molecular formula is C21H28NO5+.